The van der Waals surface area contributed by atoms with Crippen molar-refractivity contribution in [3.05, 3.63) is 18.1 Å². The zero-order chi connectivity index (χ0) is 12.1. The van der Waals surface area contributed by atoms with Gasteiger partial charge in [0.15, 0.2) is 5.69 Å². The van der Waals surface area contributed by atoms with Crippen LogP contribution in [0.15, 0.2) is 12.4 Å². The Bertz CT molecular complexity index is 394. The third kappa shape index (κ3) is 3.33. The quantitative estimate of drug-likeness (QED) is 0.819. The summed E-state index contributed by atoms with van der Waals surface area (Å²) in [7, 11) is 1.33. The maximum absolute atomic E-state index is 11.3. The highest BCUT2D eigenvalue weighted by Gasteiger charge is 2.15. The summed E-state index contributed by atoms with van der Waals surface area (Å²) in [4.78, 5) is 19.4. The van der Waals surface area contributed by atoms with Crippen molar-refractivity contribution in [1.82, 2.24) is 9.97 Å². The largest absolute Gasteiger partial charge is 0.464 e. The van der Waals surface area contributed by atoms with Crippen molar-refractivity contribution in [3.8, 4) is 0 Å². The molecule has 0 saturated carbocycles. The lowest BCUT2D eigenvalue weighted by atomic mass is 10.1. The van der Waals surface area contributed by atoms with E-state index < -0.39 is 5.97 Å². The van der Waals surface area contributed by atoms with Crippen LogP contribution in [0.1, 0.15) is 16.9 Å². The molecule has 17 heavy (non-hydrogen) atoms. The van der Waals surface area contributed by atoms with Gasteiger partial charge >= 0.3 is 5.97 Å². The van der Waals surface area contributed by atoms with Gasteiger partial charge < -0.3 is 10.1 Å². The molecule has 6 heteroatoms. The van der Waals surface area contributed by atoms with E-state index in [1.807, 2.05) is 11.8 Å². The van der Waals surface area contributed by atoms with Gasteiger partial charge in [-0.1, -0.05) is 0 Å². The Morgan fingerprint density at radius 1 is 1.65 bits per heavy atom. The second kappa shape index (κ2) is 5.86. The average molecular weight is 253 g/mol. The molecule has 92 valence electrons. The van der Waals surface area contributed by atoms with E-state index in [0.717, 1.165) is 6.54 Å². The molecule has 1 atom stereocenters. The highest BCUT2D eigenvalue weighted by atomic mass is 32.2. The highest BCUT2D eigenvalue weighted by Crippen LogP contribution is 2.23. The predicted octanol–water partition coefficient (Wildman–Crippen LogP) is 1.43. The number of ether oxygens (including phenoxy) is 1. The molecule has 0 aliphatic carbocycles. The van der Waals surface area contributed by atoms with Crippen molar-refractivity contribution in [3.63, 3.8) is 0 Å². The Hall–Kier alpha value is -1.30. The van der Waals surface area contributed by atoms with E-state index in [1.54, 1.807) is 6.20 Å². The fourth-order valence-corrected chi connectivity index (χ4v) is 2.93. The lowest BCUT2D eigenvalue weighted by Gasteiger charge is -2.10. The van der Waals surface area contributed by atoms with Crippen molar-refractivity contribution >= 4 is 23.5 Å². The Labute approximate surface area is 104 Å². The fourth-order valence-electron chi connectivity index (χ4n) is 1.65. The van der Waals surface area contributed by atoms with Gasteiger partial charge in [-0.3, -0.25) is 4.98 Å². The van der Waals surface area contributed by atoms with Crippen LogP contribution in [-0.4, -0.2) is 41.1 Å². The maximum atomic E-state index is 11.3. The van der Waals surface area contributed by atoms with Crippen LogP contribution in [0.2, 0.25) is 0 Å². The number of carbonyl (C=O) groups excluding carboxylic acids is 1. The Kier molecular flexibility index (Phi) is 4.19. The molecule has 1 unspecified atom stereocenters. The molecule has 0 aromatic carbocycles. The summed E-state index contributed by atoms with van der Waals surface area (Å²) in [5.41, 5.74) is 0.235. The first-order valence-corrected chi connectivity index (χ1v) is 6.67. The lowest BCUT2D eigenvalue weighted by Crippen LogP contribution is -2.15. The van der Waals surface area contributed by atoms with Crippen molar-refractivity contribution < 1.29 is 9.53 Å². The molecule has 0 spiro atoms. The molecular formula is C11H15N3O2S. The molecule has 1 saturated heterocycles. The number of nitrogens with zero attached hydrogens (tertiary/aromatic N) is 2. The molecule has 2 heterocycles. The van der Waals surface area contributed by atoms with Gasteiger partial charge in [0.05, 0.1) is 19.5 Å². The molecule has 1 aliphatic heterocycles. The number of thioether (sulfide) groups is 1. The van der Waals surface area contributed by atoms with Crippen LogP contribution in [0.4, 0.5) is 5.82 Å². The monoisotopic (exact) mass is 253 g/mol. The smallest absolute Gasteiger partial charge is 0.358 e. The van der Waals surface area contributed by atoms with E-state index >= 15 is 0 Å². The van der Waals surface area contributed by atoms with E-state index in [1.165, 1.54) is 31.2 Å². The van der Waals surface area contributed by atoms with E-state index in [4.69, 9.17) is 0 Å². The summed E-state index contributed by atoms with van der Waals surface area (Å²) in [6.07, 6.45) is 4.26. The number of rotatable bonds is 4. The Morgan fingerprint density at radius 3 is 3.24 bits per heavy atom. The Morgan fingerprint density at radius 2 is 2.53 bits per heavy atom. The normalized spacial score (nSPS) is 19.0. The molecule has 1 aromatic heterocycles. The van der Waals surface area contributed by atoms with Gasteiger partial charge in [-0.25, -0.2) is 9.78 Å². The van der Waals surface area contributed by atoms with Gasteiger partial charge in [-0.05, 0) is 23.8 Å². The van der Waals surface area contributed by atoms with Gasteiger partial charge in [0.25, 0.3) is 0 Å². The van der Waals surface area contributed by atoms with Gasteiger partial charge in [-0.15, -0.1) is 0 Å². The van der Waals surface area contributed by atoms with Crippen LogP contribution in [-0.2, 0) is 4.74 Å². The minimum Gasteiger partial charge on any atom is -0.464 e. The summed E-state index contributed by atoms with van der Waals surface area (Å²) in [5, 5.41) is 3.21. The third-order valence-corrected chi connectivity index (χ3v) is 3.86. The molecule has 0 radical (unpaired) electrons. The van der Waals surface area contributed by atoms with Gasteiger partial charge in [0.2, 0.25) is 0 Å². The summed E-state index contributed by atoms with van der Waals surface area (Å²) in [6, 6.07) is 0. The van der Waals surface area contributed by atoms with Crippen LogP contribution in [0.25, 0.3) is 0 Å². The summed E-state index contributed by atoms with van der Waals surface area (Å²) >= 11 is 1.98. The van der Waals surface area contributed by atoms with Gasteiger partial charge in [-0.2, -0.15) is 11.8 Å². The topological polar surface area (TPSA) is 64.1 Å². The average Bonchev–Trinajstić information content (AvgIpc) is 2.89. The molecule has 1 aromatic rings. The highest BCUT2D eigenvalue weighted by molar-refractivity contribution is 7.99. The SMILES string of the molecule is COC(=O)c1cncc(NCC2CCSC2)n1. The predicted molar refractivity (Wildman–Crippen MR) is 67.3 cm³/mol. The Balaban J connectivity index is 1.93. The van der Waals surface area contributed by atoms with Crippen LogP contribution in [0, 0.1) is 5.92 Å². The zero-order valence-electron chi connectivity index (χ0n) is 9.68. The first-order valence-electron chi connectivity index (χ1n) is 5.51. The molecule has 1 aliphatic rings. The van der Waals surface area contributed by atoms with Crippen molar-refractivity contribution in [2.75, 3.05) is 30.5 Å². The second-order valence-electron chi connectivity index (χ2n) is 3.89. The minimum absolute atomic E-state index is 0.235. The molecule has 1 fully saturated rings. The lowest BCUT2D eigenvalue weighted by molar-refractivity contribution is 0.0593. The van der Waals surface area contributed by atoms with Crippen molar-refractivity contribution in [2.24, 2.45) is 5.92 Å². The number of esters is 1. The first kappa shape index (κ1) is 12.2. The van der Waals surface area contributed by atoms with Crippen molar-refractivity contribution in [2.45, 2.75) is 6.42 Å². The van der Waals surface area contributed by atoms with Crippen molar-refractivity contribution in [1.29, 1.82) is 0 Å². The molecule has 2 rings (SSSR count). The van der Waals surface area contributed by atoms with Crippen LogP contribution in [0.3, 0.4) is 0 Å². The van der Waals surface area contributed by atoms with E-state index in [2.05, 4.69) is 20.0 Å². The summed E-state index contributed by atoms with van der Waals surface area (Å²) < 4.78 is 4.60. The van der Waals surface area contributed by atoms with Crippen LogP contribution >= 0.6 is 11.8 Å². The van der Waals surface area contributed by atoms with Gasteiger partial charge in [0, 0.05) is 6.54 Å². The number of nitrogens with one attached hydrogen (secondary N) is 1. The first-order chi connectivity index (χ1) is 8.29. The number of hydrogen-bond acceptors (Lipinski definition) is 6. The third-order valence-electron chi connectivity index (χ3n) is 2.62. The fraction of sp³-hybridized carbons (Fsp3) is 0.545. The number of anilines is 1. The number of carbonyl (C=O) groups is 1. The molecule has 5 nitrogen and oxygen atoms in total. The van der Waals surface area contributed by atoms with E-state index in [9.17, 15) is 4.79 Å². The summed E-state index contributed by atoms with van der Waals surface area (Å²) in [5.74, 6) is 3.28. The molecule has 1 N–H and O–H groups in total. The molecule has 0 bridgehead atoms. The standard InChI is InChI=1S/C11H15N3O2S/c1-16-11(15)9-5-12-6-10(14-9)13-4-8-2-3-17-7-8/h5-6,8H,2-4,7H2,1H3,(H,13,14). The minimum atomic E-state index is -0.461. The maximum Gasteiger partial charge on any atom is 0.358 e. The van der Waals surface area contributed by atoms with Crippen LogP contribution in [0.5, 0.6) is 0 Å². The van der Waals surface area contributed by atoms with Crippen LogP contribution < -0.4 is 5.32 Å². The number of hydrogen-bond donors (Lipinski definition) is 1. The van der Waals surface area contributed by atoms with E-state index in [0.29, 0.717) is 11.7 Å². The number of methoxy groups -OCH3 is 1. The summed E-state index contributed by atoms with van der Waals surface area (Å²) in [6.45, 7) is 0.881. The number of aromatic nitrogens is 2. The zero-order valence-corrected chi connectivity index (χ0v) is 10.5. The molecule has 0 amide bonds. The molecular weight excluding hydrogens is 238 g/mol. The second-order valence-corrected chi connectivity index (χ2v) is 5.04. The van der Waals surface area contributed by atoms with Gasteiger partial charge in [0.1, 0.15) is 5.82 Å². The van der Waals surface area contributed by atoms with E-state index in [-0.39, 0.29) is 5.69 Å².